The minimum Gasteiger partial charge on any atom is -0.490 e. The third kappa shape index (κ3) is 6.64. The van der Waals surface area contributed by atoms with E-state index in [0.717, 1.165) is 27.2 Å². The minimum atomic E-state index is -0.556. The van der Waals surface area contributed by atoms with Crippen LogP contribution in [-0.2, 0) is 11.2 Å². The van der Waals surface area contributed by atoms with E-state index in [-0.39, 0.29) is 5.57 Å². The molecule has 1 heterocycles. The number of halogens is 1. The molecule has 164 valence electrons. The third-order valence-corrected chi connectivity index (χ3v) is 5.73. The molecule has 32 heavy (non-hydrogen) atoms. The molecule has 0 atom stereocenters. The Morgan fingerprint density at radius 2 is 1.94 bits per heavy atom. The summed E-state index contributed by atoms with van der Waals surface area (Å²) in [5.74, 6) is 0.742. The first-order valence-corrected chi connectivity index (χ1v) is 11.5. The lowest BCUT2D eigenvalue weighted by Gasteiger charge is -2.11. The van der Waals surface area contributed by atoms with Crippen LogP contribution < -0.4 is 14.8 Å². The number of ether oxygens (including phenoxy) is 2. The zero-order valence-electron chi connectivity index (χ0n) is 17.6. The van der Waals surface area contributed by atoms with Crippen LogP contribution in [0.2, 0.25) is 0 Å². The Kier molecular flexibility index (Phi) is 8.36. The first-order chi connectivity index (χ1) is 15.5. The van der Waals surface area contributed by atoms with Gasteiger partial charge in [0.1, 0.15) is 41.4 Å². The average molecular weight is 513 g/mol. The van der Waals surface area contributed by atoms with Gasteiger partial charge >= 0.3 is 0 Å². The van der Waals surface area contributed by atoms with Crippen molar-refractivity contribution in [1.29, 1.82) is 5.26 Å². The van der Waals surface area contributed by atoms with Crippen LogP contribution >= 0.6 is 27.3 Å². The molecule has 2 aromatic carbocycles. The fourth-order valence-electron chi connectivity index (χ4n) is 2.62. The second-order valence-corrected chi connectivity index (χ2v) is 8.65. The Labute approximate surface area is 198 Å². The van der Waals surface area contributed by atoms with Gasteiger partial charge in [-0.15, -0.1) is 10.2 Å². The fraction of sp³-hybridized carbons (Fsp3) is 0.217. The van der Waals surface area contributed by atoms with Crippen LogP contribution in [0.5, 0.6) is 11.5 Å². The maximum absolute atomic E-state index is 12.5. The largest absolute Gasteiger partial charge is 0.490 e. The van der Waals surface area contributed by atoms with Gasteiger partial charge in [0.15, 0.2) is 0 Å². The highest BCUT2D eigenvalue weighted by Gasteiger charge is 2.14. The summed E-state index contributed by atoms with van der Waals surface area (Å²) in [6.45, 7) is 4.62. The number of aryl methyl sites for hydroxylation is 2. The van der Waals surface area contributed by atoms with Crippen LogP contribution in [0, 0.1) is 18.3 Å². The summed E-state index contributed by atoms with van der Waals surface area (Å²) < 4.78 is 12.3. The summed E-state index contributed by atoms with van der Waals surface area (Å²) in [6, 6.07) is 15.1. The van der Waals surface area contributed by atoms with Crippen LogP contribution in [0.4, 0.5) is 5.13 Å². The lowest BCUT2D eigenvalue weighted by molar-refractivity contribution is -0.112. The highest BCUT2D eigenvalue weighted by Crippen LogP contribution is 2.26. The molecule has 1 N–H and O–H groups in total. The van der Waals surface area contributed by atoms with Gasteiger partial charge in [-0.2, -0.15) is 5.26 Å². The number of benzene rings is 2. The van der Waals surface area contributed by atoms with E-state index < -0.39 is 5.91 Å². The molecule has 3 rings (SSSR count). The van der Waals surface area contributed by atoms with E-state index in [2.05, 4.69) is 31.4 Å². The first kappa shape index (κ1) is 23.4. The van der Waals surface area contributed by atoms with E-state index in [4.69, 9.17) is 9.47 Å². The molecule has 3 aromatic rings. The van der Waals surface area contributed by atoms with Crippen LogP contribution in [0.1, 0.15) is 23.1 Å². The molecule has 0 unspecified atom stereocenters. The van der Waals surface area contributed by atoms with E-state index in [0.29, 0.717) is 29.7 Å². The van der Waals surface area contributed by atoms with Gasteiger partial charge in [0.2, 0.25) is 5.13 Å². The Balaban J connectivity index is 1.67. The number of anilines is 1. The number of carbonyl (C=O) groups excluding carboxylic acids is 1. The highest BCUT2D eigenvalue weighted by atomic mass is 79.9. The normalized spacial score (nSPS) is 11.0. The van der Waals surface area contributed by atoms with E-state index >= 15 is 0 Å². The van der Waals surface area contributed by atoms with Gasteiger partial charge in [0.25, 0.3) is 5.91 Å². The summed E-state index contributed by atoms with van der Waals surface area (Å²) in [5.41, 5.74) is 1.68. The van der Waals surface area contributed by atoms with Crippen molar-refractivity contribution in [3.8, 4) is 17.6 Å². The average Bonchev–Trinajstić information content (AvgIpc) is 3.24. The molecule has 0 spiro atoms. The van der Waals surface area contributed by atoms with E-state index in [1.54, 1.807) is 12.1 Å². The number of nitrogens with zero attached hydrogens (tertiary/aromatic N) is 3. The molecular formula is C23H21BrN4O3S. The number of nitriles is 1. The lowest BCUT2D eigenvalue weighted by atomic mass is 10.1. The monoisotopic (exact) mass is 512 g/mol. The van der Waals surface area contributed by atoms with Crippen LogP contribution in [-0.4, -0.2) is 29.3 Å². The first-order valence-electron chi connectivity index (χ1n) is 9.86. The van der Waals surface area contributed by atoms with E-state index in [9.17, 15) is 10.1 Å². The summed E-state index contributed by atoms with van der Waals surface area (Å²) >= 11 is 4.69. The summed E-state index contributed by atoms with van der Waals surface area (Å²) in [4.78, 5) is 12.5. The maximum Gasteiger partial charge on any atom is 0.268 e. The van der Waals surface area contributed by atoms with Crippen molar-refractivity contribution in [2.75, 3.05) is 18.5 Å². The number of amides is 1. The van der Waals surface area contributed by atoms with Crippen LogP contribution in [0.25, 0.3) is 6.08 Å². The van der Waals surface area contributed by atoms with Crippen molar-refractivity contribution in [3.63, 3.8) is 0 Å². The number of nitrogens with one attached hydrogen (secondary N) is 1. The smallest absolute Gasteiger partial charge is 0.268 e. The molecule has 1 amide bonds. The van der Waals surface area contributed by atoms with Crippen molar-refractivity contribution in [2.45, 2.75) is 20.3 Å². The summed E-state index contributed by atoms with van der Waals surface area (Å²) in [6.07, 6.45) is 2.21. The highest BCUT2D eigenvalue weighted by molar-refractivity contribution is 9.10. The van der Waals surface area contributed by atoms with Gasteiger partial charge in [-0.1, -0.05) is 51.9 Å². The molecular weight excluding hydrogens is 492 g/mol. The van der Waals surface area contributed by atoms with Crippen LogP contribution in [0.3, 0.4) is 0 Å². The molecule has 9 heteroatoms. The number of aromatic nitrogens is 2. The van der Waals surface area contributed by atoms with Gasteiger partial charge in [0, 0.05) is 10.0 Å². The Morgan fingerprint density at radius 1 is 1.19 bits per heavy atom. The zero-order chi connectivity index (χ0) is 22.9. The van der Waals surface area contributed by atoms with Gasteiger partial charge in [0.05, 0.1) is 0 Å². The second kappa shape index (κ2) is 11.4. The van der Waals surface area contributed by atoms with Crippen molar-refractivity contribution in [1.82, 2.24) is 10.2 Å². The molecule has 1 aromatic heterocycles. The predicted molar refractivity (Wildman–Crippen MR) is 128 cm³/mol. The van der Waals surface area contributed by atoms with Gasteiger partial charge in [-0.05, 0) is 49.8 Å². The molecule has 0 saturated heterocycles. The van der Waals surface area contributed by atoms with Crippen molar-refractivity contribution < 1.29 is 14.3 Å². The molecule has 0 aliphatic heterocycles. The number of hydrogen-bond donors (Lipinski definition) is 1. The zero-order valence-corrected chi connectivity index (χ0v) is 20.0. The molecule has 0 bridgehead atoms. The Hall–Kier alpha value is -3.22. The number of carbonyl (C=O) groups is 1. The fourth-order valence-corrected chi connectivity index (χ4v) is 3.68. The summed E-state index contributed by atoms with van der Waals surface area (Å²) in [7, 11) is 0. The third-order valence-electron chi connectivity index (χ3n) is 4.26. The minimum absolute atomic E-state index is 0.0721. The Bertz CT molecular complexity index is 1150. The maximum atomic E-state index is 12.5. The molecule has 0 fully saturated rings. The quantitative estimate of drug-likeness (QED) is 0.241. The lowest BCUT2D eigenvalue weighted by Crippen LogP contribution is -2.13. The topological polar surface area (TPSA) is 97.1 Å². The summed E-state index contributed by atoms with van der Waals surface area (Å²) in [5, 5.41) is 21.2. The Morgan fingerprint density at radius 3 is 2.62 bits per heavy atom. The van der Waals surface area contributed by atoms with E-state index in [1.807, 2.05) is 50.2 Å². The second-order valence-electron chi connectivity index (χ2n) is 6.67. The predicted octanol–water partition coefficient (Wildman–Crippen LogP) is 5.17. The number of hydrogen-bond acceptors (Lipinski definition) is 7. The SMILES string of the molecule is CCc1nnc(NC(=O)C(C#N)=Cc2cc(Br)ccc2OCCOc2ccc(C)cc2)s1. The molecule has 0 saturated carbocycles. The van der Waals surface area contributed by atoms with Crippen molar-refractivity contribution in [3.05, 3.63) is 68.6 Å². The molecule has 0 aliphatic carbocycles. The molecule has 0 radical (unpaired) electrons. The number of rotatable bonds is 9. The van der Waals surface area contributed by atoms with Crippen molar-refractivity contribution >= 4 is 44.4 Å². The van der Waals surface area contributed by atoms with E-state index in [1.165, 1.54) is 17.4 Å². The van der Waals surface area contributed by atoms with Gasteiger partial charge < -0.3 is 9.47 Å². The molecule has 7 nitrogen and oxygen atoms in total. The van der Waals surface area contributed by atoms with Gasteiger partial charge in [-0.25, -0.2) is 0 Å². The van der Waals surface area contributed by atoms with Crippen molar-refractivity contribution in [2.24, 2.45) is 0 Å². The molecule has 0 aliphatic rings. The van der Waals surface area contributed by atoms with Gasteiger partial charge in [-0.3, -0.25) is 10.1 Å². The standard InChI is InChI=1S/C23H21BrN4O3S/c1-3-21-27-28-23(32-21)26-22(29)17(14-25)12-16-13-18(24)6-9-20(16)31-11-10-30-19-7-4-15(2)5-8-19/h4-9,12-13H,3,10-11H2,1-2H3,(H,26,28,29). The van der Waals surface area contributed by atoms with Crippen LogP contribution in [0.15, 0.2) is 52.5 Å².